The number of ether oxygens (including phenoxy) is 1. The van der Waals surface area contributed by atoms with Gasteiger partial charge in [0.2, 0.25) is 0 Å². The minimum Gasteiger partial charge on any atom is -0.368 e. The fourth-order valence-electron chi connectivity index (χ4n) is 3.38. The van der Waals surface area contributed by atoms with E-state index in [9.17, 15) is 18.0 Å². The number of anilines is 2. The molecule has 1 aromatic carbocycles. The maximum Gasteiger partial charge on any atom is 0.416 e. The van der Waals surface area contributed by atoms with Gasteiger partial charge in [0.1, 0.15) is 11.9 Å². The van der Waals surface area contributed by atoms with E-state index >= 15 is 0 Å². The predicted molar refractivity (Wildman–Crippen MR) is 89.3 cm³/mol. The fraction of sp³-hybridized carbons (Fsp3) is 0.444. The molecule has 1 aromatic heterocycles. The number of carbonyl (C=O) groups excluding carboxylic acids is 1. The Balaban J connectivity index is 1.52. The molecular weight excluding hydrogens is 363 g/mol. The third kappa shape index (κ3) is 3.64. The number of carbonyl (C=O) groups is 1. The molecule has 6 nitrogen and oxygen atoms in total. The number of hydrogen-bond acceptors (Lipinski definition) is 5. The molecule has 2 aliphatic heterocycles. The molecule has 1 atom stereocenters. The number of nitrogens with zero attached hydrogens (tertiary/aromatic N) is 2. The maximum absolute atomic E-state index is 12.9. The highest BCUT2D eigenvalue weighted by molar-refractivity contribution is 5.81. The summed E-state index contributed by atoms with van der Waals surface area (Å²) in [6, 6.07) is 4.87. The average Bonchev–Trinajstić information content (AvgIpc) is 3.31. The minimum absolute atomic E-state index is 0.0654. The van der Waals surface area contributed by atoms with Gasteiger partial charge in [-0.3, -0.25) is 4.79 Å². The highest BCUT2D eigenvalue weighted by Crippen LogP contribution is 2.33. The molecule has 3 heterocycles. The molecule has 1 N–H and O–H groups in total. The van der Waals surface area contributed by atoms with Crippen LogP contribution < -0.4 is 5.32 Å². The lowest BCUT2D eigenvalue weighted by atomic mass is 10.1. The van der Waals surface area contributed by atoms with Crippen LogP contribution in [0.4, 0.5) is 24.7 Å². The molecule has 2 aliphatic rings. The molecule has 0 aliphatic carbocycles. The summed E-state index contributed by atoms with van der Waals surface area (Å²) in [6.07, 6.45) is -2.76. The highest BCUT2D eigenvalue weighted by atomic mass is 19.4. The largest absolute Gasteiger partial charge is 0.416 e. The van der Waals surface area contributed by atoms with Crippen LogP contribution in [0, 0.1) is 0 Å². The van der Waals surface area contributed by atoms with Crippen molar-refractivity contribution in [3.63, 3.8) is 0 Å². The molecule has 27 heavy (non-hydrogen) atoms. The first kappa shape index (κ1) is 17.8. The van der Waals surface area contributed by atoms with Gasteiger partial charge in [-0.15, -0.1) is 0 Å². The third-order valence-corrected chi connectivity index (χ3v) is 4.80. The van der Waals surface area contributed by atoms with Crippen molar-refractivity contribution in [1.82, 2.24) is 10.1 Å². The Labute approximate surface area is 153 Å². The summed E-state index contributed by atoms with van der Waals surface area (Å²) in [4.78, 5) is 14.2. The molecule has 0 radical (unpaired) electrons. The molecule has 1 unspecified atom stereocenters. The molecule has 0 saturated carbocycles. The second-order valence-corrected chi connectivity index (χ2v) is 6.65. The van der Waals surface area contributed by atoms with Crippen molar-refractivity contribution >= 4 is 17.4 Å². The third-order valence-electron chi connectivity index (χ3n) is 4.80. The molecule has 144 valence electrons. The first-order chi connectivity index (χ1) is 12.9. The standard InChI is InChI=1S/C18H18F3N3O3/c19-18(20,21)11-3-1-4-12(9-11)22-16-13-10-24(7-6-14(13)27-23-16)17(25)15-5-2-8-26-15/h1,3-4,9,15H,2,5-8,10H2,(H,22,23). The van der Waals surface area contributed by atoms with Gasteiger partial charge in [0.15, 0.2) is 5.82 Å². The van der Waals surface area contributed by atoms with E-state index in [2.05, 4.69) is 10.5 Å². The Kier molecular flexibility index (Phi) is 4.55. The zero-order chi connectivity index (χ0) is 19.0. The van der Waals surface area contributed by atoms with Gasteiger partial charge in [-0.25, -0.2) is 0 Å². The van der Waals surface area contributed by atoms with E-state index in [1.54, 1.807) is 4.90 Å². The van der Waals surface area contributed by atoms with Crippen LogP contribution in [0.15, 0.2) is 28.8 Å². The lowest BCUT2D eigenvalue weighted by molar-refractivity contribution is -0.142. The molecule has 0 spiro atoms. The minimum atomic E-state index is -4.43. The smallest absolute Gasteiger partial charge is 0.368 e. The summed E-state index contributed by atoms with van der Waals surface area (Å²) in [5.41, 5.74) is 0.188. The molecule has 1 saturated heterocycles. The van der Waals surface area contributed by atoms with Crippen molar-refractivity contribution in [2.24, 2.45) is 0 Å². The van der Waals surface area contributed by atoms with Crippen molar-refractivity contribution in [1.29, 1.82) is 0 Å². The van der Waals surface area contributed by atoms with Crippen molar-refractivity contribution in [3.8, 4) is 0 Å². The average molecular weight is 381 g/mol. The number of benzene rings is 1. The van der Waals surface area contributed by atoms with Gasteiger partial charge >= 0.3 is 6.18 Å². The maximum atomic E-state index is 12.9. The highest BCUT2D eigenvalue weighted by Gasteiger charge is 2.33. The summed E-state index contributed by atoms with van der Waals surface area (Å²) >= 11 is 0. The van der Waals surface area contributed by atoms with Gasteiger partial charge in [0.05, 0.1) is 17.7 Å². The fourth-order valence-corrected chi connectivity index (χ4v) is 3.38. The van der Waals surface area contributed by atoms with Crippen molar-refractivity contribution in [2.45, 2.75) is 38.1 Å². The number of alkyl halides is 3. The molecule has 4 rings (SSSR count). The van der Waals surface area contributed by atoms with Crippen molar-refractivity contribution in [3.05, 3.63) is 41.2 Å². The Morgan fingerprint density at radius 1 is 1.33 bits per heavy atom. The molecule has 1 fully saturated rings. The van der Waals surface area contributed by atoms with Crippen molar-refractivity contribution in [2.75, 3.05) is 18.5 Å². The second-order valence-electron chi connectivity index (χ2n) is 6.65. The molecule has 9 heteroatoms. The Morgan fingerprint density at radius 3 is 2.93 bits per heavy atom. The second kappa shape index (κ2) is 6.88. The summed E-state index contributed by atoms with van der Waals surface area (Å²) in [6.45, 7) is 1.38. The van der Waals surface area contributed by atoms with Gasteiger partial charge in [0, 0.05) is 25.3 Å². The monoisotopic (exact) mass is 381 g/mol. The van der Waals surface area contributed by atoms with Crippen LogP contribution >= 0.6 is 0 Å². The summed E-state index contributed by atoms with van der Waals surface area (Å²) in [5.74, 6) is 0.902. The van der Waals surface area contributed by atoms with E-state index in [0.29, 0.717) is 49.7 Å². The predicted octanol–water partition coefficient (Wildman–Crippen LogP) is 3.50. The molecule has 2 aromatic rings. The number of rotatable bonds is 3. The zero-order valence-corrected chi connectivity index (χ0v) is 14.4. The first-order valence-electron chi connectivity index (χ1n) is 8.74. The van der Waals surface area contributed by atoms with Crippen LogP contribution in [-0.4, -0.2) is 35.2 Å². The molecule has 0 bridgehead atoms. The van der Waals surface area contributed by atoms with E-state index in [1.807, 2.05) is 0 Å². The van der Waals surface area contributed by atoms with Gasteiger partial charge in [-0.2, -0.15) is 13.2 Å². The lowest BCUT2D eigenvalue weighted by Gasteiger charge is -2.28. The summed E-state index contributed by atoms with van der Waals surface area (Å²) < 4.78 is 49.4. The number of amides is 1. The summed E-state index contributed by atoms with van der Waals surface area (Å²) in [7, 11) is 0. The zero-order valence-electron chi connectivity index (χ0n) is 14.4. The Hall–Kier alpha value is -2.55. The van der Waals surface area contributed by atoms with Crippen LogP contribution in [0.2, 0.25) is 0 Å². The first-order valence-corrected chi connectivity index (χ1v) is 8.74. The van der Waals surface area contributed by atoms with Gasteiger partial charge < -0.3 is 19.5 Å². The van der Waals surface area contributed by atoms with Crippen LogP contribution in [0.25, 0.3) is 0 Å². The van der Waals surface area contributed by atoms with Gasteiger partial charge in [-0.05, 0) is 31.0 Å². The number of hydrogen-bond donors (Lipinski definition) is 1. The van der Waals surface area contributed by atoms with Gasteiger partial charge in [-0.1, -0.05) is 11.2 Å². The van der Waals surface area contributed by atoms with Crippen LogP contribution in [0.3, 0.4) is 0 Å². The molecular formula is C18H18F3N3O3. The van der Waals surface area contributed by atoms with Crippen molar-refractivity contribution < 1.29 is 27.2 Å². The molecule has 1 amide bonds. The van der Waals surface area contributed by atoms with E-state index < -0.39 is 17.8 Å². The topological polar surface area (TPSA) is 67.6 Å². The normalized spacial score (nSPS) is 19.8. The van der Waals surface area contributed by atoms with E-state index in [1.165, 1.54) is 12.1 Å². The van der Waals surface area contributed by atoms with E-state index in [0.717, 1.165) is 18.6 Å². The summed E-state index contributed by atoms with van der Waals surface area (Å²) in [5, 5.41) is 6.82. The Morgan fingerprint density at radius 2 is 2.19 bits per heavy atom. The number of aromatic nitrogens is 1. The van der Waals surface area contributed by atoms with E-state index in [4.69, 9.17) is 9.26 Å². The van der Waals surface area contributed by atoms with E-state index in [-0.39, 0.29) is 11.6 Å². The van der Waals surface area contributed by atoms with Crippen LogP contribution in [-0.2, 0) is 28.7 Å². The number of halogens is 3. The number of fused-ring (bicyclic) bond motifs is 1. The quantitative estimate of drug-likeness (QED) is 0.882. The Bertz CT molecular complexity index is 844. The number of nitrogens with one attached hydrogen (secondary N) is 1. The SMILES string of the molecule is O=C(C1CCCO1)N1CCc2onc(Nc3cccc(C(F)(F)F)c3)c2C1. The lowest BCUT2D eigenvalue weighted by Crippen LogP contribution is -2.41. The van der Waals surface area contributed by atoms with Crippen LogP contribution in [0.5, 0.6) is 0 Å². The van der Waals surface area contributed by atoms with Gasteiger partial charge in [0.25, 0.3) is 5.91 Å². The van der Waals surface area contributed by atoms with Crippen LogP contribution in [0.1, 0.15) is 29.7 Å².